The number of thiophene rings is 1. The molecular weight excluding hydrogens is 378 g/mol. The van der Waals surface area contributed by atoms with Crippen LogP contribution in [0.5, 0.6) is 0 Å². The van der Waals surface area contributed by atoms with E-state index in [9.17, 15) is 9.59 Å². The van der Waals surface area contributed by atoms with Gasteiger partial charge in [-0.2, -0.15) is 0 Å². The van der Waals surface area contributed by atoms with Gasteiger partial charge in [-0.25, -0.2) is 4.98 Å². The molecule has 1 atom stereocenters. The Balaban J connectivity index is 1.55. The van der Waals surface area contributed by atoms with Gasteiger partial charge in [-0.15, -0.1) is 11.3 Å². The van der Waals surface area contributed by atoms with Crippen molar-refractivity contribution in [2.75, 3.05) is 0 Å². The van der Waals surface area contributed by atoms with Crippen LogP contribution < -0.4 is 10.9 Å². The molecule has 146 valence electrons. The van der Waals surface area contributed by atoms with Crippen molar-refractivity contribution in [2.45, 2.75) is 81.2 Å². The molecule has 2 aliphatic rings. The van der Waals surface area contributed by atoms with E-state index in [0.29, 0.717) is 11.2 Å². The third-order valence-electron chi connectivity index (χ3n) is 5.76. The number of carbonyl (C=O) groups is 1. The normalized spacial score (nSPS) is 19.0. The second-order valence-corrected chi connectivity index (χ2v) is 10.1. The number of amides is 1. The lowest BCUT2D eigenvalue weighted by molar-refractivity contribution is -0.121. The van der Waals surface area contributed by atoms with Gasteiger partial charge in [0.2, 0.25) is 5.91 Å². The topological polar surface area (TPSA) is 64.0 Å². The summed E-state index contributed by atoms with van der Waals surface area (Å²) in [6, 6.07) is 0.303. The van der Waals surface area contributed by atoms with Gasteiger partial charge >= 0.3 is 0 Å². The smallest absolute Gasteiger partial charge is 0.262 e. The van der Waals surface area contributed by atoms with Gasteiger partial charge in [0.25, 0.3) is 5.56 Å². The average molecular weight is 406 g/mol. The molecule has 27 heavy (non-hydrogen) atoms. The molecule has 5 nitrogen and oxygen atoms in total. The Hall–Kier alpha value is -1.34. The van der Waals surface area contributed by atoms with Crippen LogP contribution in [-0.2, 0) is 24.7 Å². The zero-order valence-corrected chi connectivity index (χ0v) is 17.7. The van der Waals surface area contributed by atoms with Crippen molar-refractivity contribution < 1.29 is 4.79 Å². The number of aromatic nitrogens is 2. The minimum Gasteiger partial charge on any atom is -0.352 e. The summed E-state index contributed by atoms with van der Waals surface area (Å²) >= 11 is 3.05. The fourth-order valence-corrected chi connectivity index (χ4v) is 6.34. The molecule has 1 saturated carbocycles. The molecule has 0 radical (unpaired) electrons. The maximum atomic E-state index is 13.0. The molecule has 0 spiro atoms. The van der Waals surface area contributed by atoms with Crippen molar-refractivity contribution in [3.05, 3.63) is 20.8 Å². The van der Waals surface area contributed by atoms with Crippen LogP contribution in [0.25, 0.3) is 10.2 Å². The molecule has 7 heteroatoms. The van der Waals surface area contributed by atoms with Crippen molar-refractivity contribution in [1.82, 2.24) is 14.9 Å². The average Bonchev–Trinajstić information content (AvgIpc) is 3.05. The van der Waals surface area contributed by atoms with Gasteiger partial charge in [0, 0.05) is 18.0 Å². The molecule has 1 N–H and O–H groups in total. The molecule has 0 saturated heterocycles. The minimum absolute atomic E-state index is 0.0294. The molecule has 0 aromatic carbocycles. The van der Waals surface area contributed by atoms with E-state index in [1.165, 1.54) is 47.9 Å². The van der Waals surface area contributed by atoms with Gasteiger partial charge in [-0.3, -0.25) is 14.2 Å². The number of thioether (sulfide) groups is 1. The summed E-state index contributed by atoms with van der Waals surface area (Å²) < 4.78 is 1.62. The third-order valence-corrected chi connectivity index (χ3v) is 8.09. The molecule has 4 rings (SSSR count). The van der Waals surface area contributed by atoms with Crippen molar-refractivity contribution in [3.63, 3.8) is 0 Å². The molecule has 2 aromatic heterocycles. The van der Waals surface area contributed by atoms with Crippen LogP contribution in [0.15, 0.2) is 9.95 Å². The van der Waals surface area contributed by atoms with E-state index >= 15 is 0 Å². The molecule has 0 unspecified atom stereocenters. The maximum Gasteiger partial charge on any atom is 0.262 e. The van der Waals surface area contributed by atoms with Gasteiger partial charge in [0.15, 0.2) is 5.16 Å². The zero-order chi connectivity index (χ0) is 19.0. The quantitative estimate of drug-likeness (QED) is 0.621. The van der Waals surface area contributed by atoms with E-state index in [-0.39, 0.29) is 16.7 Å². The Labute approximate surface area is 167 Å². The molecule has 2 aromatic rings. The third kappa shape index (κ3) is 3.81. The van der Waals surface area contributed by atoms with Gasteiger partial charge in [0.1, 0.15) is 4.83 Å². The summed E-state index contributed by atoms with van der Waals surface area (Å²) in [5.41, 5.74) is 1.25. The number of hydrogen-bond donors (Lipinski definition) is 1. The van der Waals surface area contributed by atoms with E-state index in [0.717, 1.165) is 42.3 Å². The Morgan fingerprint density at radius 1 is 1.22 bits per heavy atom. The molecule has 1 fully saturated rings. The van der Waals surface area contributed by atoms with E-state index in [1.807, 2.05) is 6.92 Å². The summed E-state index contributed by atoms with van der Waals surface area (Å²) in [5.74, 6) is 0.0479. The molecule has 0 bridgehead atoms. The summed E-state index contributed by atoms with van der Waals surface area (Å²) in [4.78, 5) is 32.5. The number of aryl methyl sites for hydroxylation is 2. The monoisotopic (exact) mass is 405 g/mol. The van der Waals surface area contributed by atoms with E-state index in [4.69, 9.17) is 4.98 Å². The number of carbonyl (C=O) groups excluding carboxylic acids is 1. The first-order valence-corrected chi connectivity index (χ1v) is 11.7. The largest absolute Gasteiger partial charge is 0.352 e. The Morgan fingerprint density at radius 2 is 1.96 bits per heavy atom. The fraction of sp³-hybridized carbons (Fsp3) is 0.650. The highest BCUT2D eigenvalue weighted by Gasteiger charge is 2.24. The van der Waals surface area contributed by atoms with Crippen LogP contribution in [0.1, 0.15) is 62.3 Å². The maximum absolute atomic E-state index is 13.0. The highest BCUT2D eigenvalue weighted by molar-refractivity contribution is 8.00. The van der Waals surface area contributed by atoms with Crippen LogP contribution in [0.4, 0.5) is 0 Å². The van der Waals surface area contributed by atoms with Crippen LogP contribution in [0, 0.1) is 0 Å². The molecule has 0 aliphatic heterocycles. The van der Waals surface area contributed by atoms with Crippen LogP contribution in [-0.4, -0.2) is 26.8 Å². The lowest BCUT2D eigenvalue weighted by Crippen LogP contribution is -2.40. The second-order valence-electron chi connectivity index (χ2n) is 7.75. The van der Waals surface area contributed by atoms with Crippen molar-refractivity contribution >= 4 is 39.2 Å². The molecule has 1 amide bonds. The van der Waals surface area contributed by atoms with E-state index in [2.05, 4.69) is 5.32 Å². The van der Waals surface area contributed by atoms with Crippen LogP contribution in [0.2, 0.25) is 0 Å². The second kappa shape index (κ2) is 7.95. The highest BCUT2D eigenvalue weighted by Crippen LogP contribution is 2.35. The molecule has 2 heterocycles. The molecule has 2 aliphatic carbocycles. The van der Waals surface area contributed by atoms with Crippen LogP contribution in [0.3, 0.4) is 0 Å². The fourth-order valence-electron chi connectivity index (χ4n) is 4.15. The highest BCUT2D eigenvalue weighted by atomic mass is 32.2. The minimum atomic E-state index is -0.267. The zero-order valence-electron chi connectivity index (χ0n) is 16.0. The number of fused-ring (bicyclic) bond motifs is 3. The first kappa shape index (κ1) is 19.0. The van der Waals surface area contributed by atoms with Crippen LogP contribution >= 0.6 is 23.1 Å². The van der Waals surface area contributed by atoms with Gasteiger partial charge in [-0.1, -0.05) is 31.0 Å². The van der Waals surface area contributed by atoms with E-state index in [1.54, 1.807) is 23.0 Å². The van der Waals surface area contributed by atoms with Crippen molar-refractivity contribution in [3.8, 4) is 0 Å². The summed E-state index contributed by atoms with van der Waals surface area (Å²) in [7, 11) is 1.77. The van der Waals surface area contributed by atoms with Gasteiger partial charge in [-0.05, 0) is 51.0 Å². The standard InChI is InChI=1S/C20H27N3O2S2/c1-12(17(24)21-13-8-4-3-5-9-13)26-20-22-18-16(19(25)23(20)2)14-10-6-7-11-15(14)27-18/h12-13H,3-11H2,1-2H3,(H,21,24)/t12-/m1/s1. The Bertz CT molecular complexity index is 912. The van der Waals surface area contributed by atoms with Crippen molar-refractivity contribution in [1.29, 1.82) is 0 Å². The predicted molar refractivity (Wildman–Crippen MR) is 112 cm³/mol. The SMILES string of the molecule is C[C@@H](Sc1nc2sc3c(c2c(=O)n1C)CCCC3)C(=O)NC1CCCCC1. The van der Waals surface area contributed by atoms with Gasteiger partial charge < -0.3 is 5.32 Å². The number of rotatable bonds is 4. The van der Waals surface area contributed by atoms with Crippen molar-refractivity contribution in [2.24, 2.45) is 7.05 Å². The summed E-state index contributed by atoms with van der Waals surface area (Å²) in [6.45, 7) is 1.90. The summed E-state index contributed by atoms with van der Waals surface area (Å²) in [5, 5.41) is 4.35. The molecular formula is C20H27N3O2S2. The number of nitrogens with one attached hydrogen (secondary N) is 1. The number of nitrogens with zero attached hydrogens (tertiary/aromatic N) is 2. The Kier molecular flexibility index (Phi) is 5.60. The predicted octanol–water partition coefficient (Wildman–Crippen LogP) is 3.80. The lowest BCUT2D eigenvalue weighted by atomic mass is 9.95. The Morgan fingerprint density at radius 3 is 2.74 bits per heavy atom. The lowest BCUT2D eigenvalue weighted by Gasteiger charge is -2.24. The van der Waals surface area contributed by atoms with E-state index < -0.39 is 0 Å². The number of hydrogen-bond acceptors (Lipinski definition) is 5. The first-order valence-electron chi connectivity index (χ1n) is 10.0. The summed E-state index contributed by atoms with van der Waals surface area (Å²) in [6.07, 6.45) is 10.2. The van der Waals surface area contributed by atoms with Gasteiger partial charge in [0.05, 0.1) is 10.6 Å². The first-order chi connectivity index (χ1) is 13.0.